The number of aromatic nitrogens is 10. The number of imidazole rings is 2. The molecule has 16 heteroatoms. The molecule has 0 saturated carbocycles. The van der Waals surface area contributed by atoms with Crippen LogP contribution in [0.2, 0.25) is 0 Å². The third kappa shape index (κ3) is 7.26. The van der Waals surface area contributed by atoms with E-state index in [-0.39, 0.29) is 18.0 Å². The van der Waals surface area contributed by atoms with Gasteiger partial charge in [0.15, 0.2) is 0 Å². The van der Waals surface area contributed by atoms with E-state index in [1.54, 1.807) is 0 Å². The summed E-state index contributed by atoms with van der Waals surface area (Å²) in [7, 11) is 0. The number of hydrogen-bond donors (Lipinski definition) is 3. The second-order valence-electron chi connectivity index (χ2n) is 17.6. The number of nitrogens with zero attached hydrogens (tertiary/aromatic N) is 13. The van der Waals surface area contributed by atoms with Crippen molar-refractivity contribution >= 4 is 29.2 Å². The van der Waals surface area contributed by atoms with Crippen LogP contribution < -0.4 is 20.9 Å². The molecule has 2 aliphatic heterocycles. The minimum absolute atomic E-state index is 0.0350. The van der Waals surface area contributed by atoms with Crippen LogP contribution in [-0.4, -0.2) is 117 Å². The lowest BCUT2D eigenvalue weighted by atomic mass is 9.90. The molecule has 10 rings (SSSR count). The molecule has 2 unspecified atom stereocenters. The van der Waals surface area contributed by atoms with Crippen LogP contribution >= 0.6 is 0 Å². The molecule has 8 heterocycles. The molecule has 0 aromatic carbocycles. The maximum atomic E-state index is 5.30. The first-order chi connectivity index (χ1) is 30.2. The molecule has 2 aliphatic carbocycles. The number of pyridine rings is 2. The van der Waals surface area contributed by atoms with Gasteiger partial charge in [0.05, 0.1) is 46.0 Å². The molecule has 62 heavy (non-hydrogen) atoms. The summed E-state index contributed by atoms with van der Waals surface area (Å²) in [6.45, 7) is 23.9. The van der Waals surface area contributed by atoms with Gasteiger partial charge in [-0.1, -0.05) is 19.9 Å². The first kappa shape index (κ1) is 40.2. The van der Waals surface area contributed by atoms with Gasteiger partial charge in [-0.15, -0.1) is 0 Å². The van der Waals surface area contributed by atoms with Crippen molar-refractivity contribution in [2.24, 2.45) is 0 Å². The van der Waals surface area contributed by atoms with Gasteiger partial charge in [-0.2, -0.15) is 0 Å². The molecule has 3 N–H and O–H groups in total. The summed E-state index contributed by atoms with van der Waals surface area (Å²) in [6, 6.07) is 9.05. The molecule has 0 radical (unpaired) electrons. The first-order valence-electron chi connectivity index (χ1n) is 22.5. The minimum Gasteiger partial charge on any atom is -0.368 e. The van der Waals surface area contributed by atoms with E-state index in [9.17, 15) is 0 Å². The highest BCUT2D eigenvalue weighted by Crippen LogP contribution is 2.48. The lowest BCUT2D eigenvalue weighted by Gasteiger charge is -2.43. The van der Waals surface area contributed by atoms with E-state index >= 15 is 0 Å². The summed E-state index contributed by atoms with van der Waals surface area (Å²) in [5, 5.41) is 10.2. The van der Waals surface area contributed by atoms with Crippen molar-refractivity contribution in [1.29, 1.82) is 0 Å². The predicted molar refractivity (Wildman–Crippen MR) is 242 cm³/mol. The van der Waals surface area contributed by atoms with Crippen LogP contribution in [0, 0.1) is 6.92 Å². The lowest BCUT2D eigenvalue weighted by Crippen LogP contribution is -2.54. The monoisotopic (exact) mass is 835 g/mol. The number of likely N-dealkylation sites (N-methyl/N-ethyl adjacent to an activating group) is 1. The summed E-state index contributed by atoms with van der Waals surface area (Å²) in [5.74, 6) is 4.67. The number of rotatable bonds is 12. The second-order valence-corrected chi connectivity index (χ2v) is 17.6. The molecule has 0 amide bonds. The molecule has 2 fully saturated rings. The Labute approximate surface area is 363 Å². The van der Waals surface area contributed by atoms with Gasteiger partial charge < -0.3 is 30.0 Å². The second kappa shape index (κ2) is 16.5. The molecule has 0 spiro atoms. The molecule has 6 aromatic rings. The molecule has 16 nitrogen and oxygen atoms in total. The Morgan fingerprint density at radius 2 is 1.47 bits per heavy atom. The molecule has 2 atom stereocenters. The third-order valence-electron chi connectivity index (χ3n) is 13.0. The highest BCUT2D eigenvalue weighted by atomic mass is 15.3. The maximum Gasteiger partial charge on any atom is 0.228 e. The molecule has 4 aliphatic rings. The van der Waals surface area contributed by atoms with E-state index in [0.717, 1.165) is 152 Å². The lowest BCUT2D eigenvalue weighted by molar-refractivity contribution is 0.0654. The number of hydrogen-bond acceptors (Lipinski definition) is 14. The molecular weight excluding hydrogens is 777 g/mol. The molecular formula is C46H58N16. The number of piperazine rings is 2. The fraction of sp³-hybridized carbons (Fsp3) is 0.478. The van der Waals surface area contributed by atoms with Gasteiger partial charge in [-0.3, -0.25) is 9.80 Å². The van der Waals surface area contributed by atoms with Gasteiger partial charge in [0.1, 0.15) is 23.3 Å². The Morgan fingerprint density at radius 3 is 2.15 bits per heavy atom. The summed E-state index contributed by atoms with van der Waals surface area (Å²) in [5.41, 5.74) is 10.9. The Kier molecular flexibility index (Phi) is 10.7. The summed E-state index contributed by atoms with van der Waals surface area (Å²) >= 11 is 0. The van der Waals surface area contributed by atoms with Gasteiger partial charge in [0.25, 0.3) is 0 Å². The Balaban J connectivity index is 0.865. The fourth-order valence-electron chi connectivity index (χ4n) is 10.2. The van der Waals surface area contributed by atoms with Crippen molar-refractivity contribution < 1.29 is 0 Å². The van der Waals surface area contributed by atoms with Gasteiger partial charge in [0, 0.05) is 119 Å². The van der Waals surface area contributed by atoms with Gasteiger partial charge >= 0.3 is 0 Å². The largest absolute Gasteiger partial charge is 0.368 e. The summed E-state index contributed by atoms with van der Waals surface area (Å²) < 4.78 is 4.67. The number of aryl methyl sites for hydroxylation is 2. The molecule has 6 aromatic heterocycles. The van der Waals surface area contributed by atoms with Crippen LogP contribution in [0.25, 0.3) is 22.8 Å². The fourth-order valence-corrected chi connectivity index (χ4v) is 10.2. The zero-order chi connectivity index (χ0) is 42.6. The van der Waals surface area contributed by atoms with E-state index in [2.05, 4.69) is 105 Å². The van der Waals surface area contributed by atoms with Crippen LogP contribution in [0.15, 0.2) is 49.1 Å². The zero-order valence-electron chi connectivity index (χ0n) is 37.0. The summed E-state index contributed by atoms with van der Waals surface area (Å²) in [4.78, 5) is 47.1. The van der Waals surface area contributed by atoms with Crippen molar-refractivity contribution in [2.75, 3.05) is 67.9 Å². The van der Waals surface area contributed by atoms with Crippen molar-refractivity contribution in [3.05, 3.63) is 88.8 Å². The van der Waals surface area contributed by atoms with Crippen LogP contribution in [-0.2, 0) is 19.4 Å². The smallest absolute Gasteiger partial charge is 0.228 e. The topological polar surface area (TPSA) is 159 Å². The average molecular weight is 835 g/mol. The number of fused-ring (bicyclic) bond motifs is 6. The van der Waals surface area contributed by atoms with E-state index in [0.29, 0.717) is 17.9 Å². The number of anilines is 5. The van der Waals surface area contributed by atoms with Gasteiger partial charge in [-0.05, 0) is 64.9 Å². The van der Waals surface area contributed by atoms with Crippen LogP contribution in [0.5, 0.6) is 0 Å². The third-order valence-corrected chi connectivity index (χ3v) is 13.0. The minimum atomic E-state index is 0.0350. The SMILES string of the molecule is CCc1nc2c(n1C(C)C)-c1nc(Nc3ccc(CN4CCN(CC)C(C5c6cnc(Nc7ccc(N8CCNCC8)cn7)nc6-c6c5nc(C)n6C(C)C)C4)cn3)ncc1C2. The van der Waals surface area contributed by atoms with Crippen molar-refractivity contribution in [3.8, 4) is 22.8 Å². The predicted octanol–water partition coefficient (Wildman–Crippen LogP) is 6.27. The Hall–Kier alpha value is -5.84. The highest BCUT2D eigenvalue weighted by Gasteiger charge is 2.44. The summed E-state index contributed by atoms with van der Waals surface area (Å²) in [6.07, 6.45) is 9.52. The van der Waals surface area contributed by atoms with Crippen molar-refractivity contribution in [1.82, 2.24) is 64.1 Å². The molecule has 322 valence electrons. The van der Waals surface area contributed by atoms with Crippen LogP contribution in [0.3, 0.4) is 0 Å². The zero-order valence-corrected chi connectivity index (χ0v) is 37.0. The quantitative estimate of drug-likeness (QED) is 0.127. The first-order valence-corrected chi connectivity index (χ1v) is 22.5. The molecule has 0 bridgehead atoms. The van der Waals surface area contributed by atoms with E-state index in [1.807, 2.05) is 36.9 Å². The van der Waals surface area contributed by atoms with Crippen molar-refractivity contribution in [2.45, 2.75) is 91.9 Å². The normalized spacial score (nSPS) is 18.6. The van der Waals surface area contributed by atoms with Gasteiger partial charge in [-0.25, -0.2) is 39.9 Å². The van der Waals surface area contributed by atoms with E-state index in [4.69, 9.17) is 34.9 Å². The van der Waals surface area contributed by atoms with E-state index < -0.39 is 0 Å². The highest BCUT2D eigenvalue weighted by molar-refractivity contribution is 5.74. The Bertz CT molecular complexity index is 2570. The molecule has 2 saturated heterocycles. The Morgan fingerprint density at radius 1 is 0.742 bits per heavy atom. The van der Waals surface area contributed by atoms with E-state index in [1.165, 1.54) is 0 Å². The average Bonchev–Trinajstić information content (AvgIpc) is 4.01. The van der Waals surface area contributed by atoms with Crippen LogP contribution in [0.4, 0.5) is 29.2 Å². The standard InChI is InChI=1S/C46H58N16/c1-8-38-53-34-20-31-22-50-45(56-40(31)43(34)62(38)28(5)6)54-36-12-10-30(21-48-36)25-58-18-19-59(9-2)35(26-58)39-33-24-51-46(57-41(33)44-42(39)52-29(7)61(44)27(3)4)55-37-13-11-32(23-49-37)60-16-14-47-15-17-60/h10-13,21-24,27-28,35,39,47H,8-9,14-20,25-26H2,1-7H3,(H,48,50,54,56)(H,49,51,55,57). The maximum absolute atomic E-state index is 5.30. The van der Waals surface area contributed by atoms with Crippen molar-refractivity contribution in [3.63, 3.8) is 0 Å². The van der Waals surface area contributed by atoms with Gasteiger partial charge in [0.2, 0.25) is 11.9 Å². The van der Waals surface area contributed by atoms with Crippen LogP contribution in [0.1, 0.15) is 99.3 Å². The number of nitrogens with one attached hydrogen (secondary N) is 3.